The van der Waals surface area contributed by atoms with Gasteiger partial charge in [-0.3, -0.25) is 5.43 Å². The summed E-state index contributed by atoms with van der Waals surface area (Å²) in [6.45, 7) is 0. The average molecular weight is 342 g/mol. The first-order valence-electron chi connectivity index (χ1n) is 8.17. The van der Waals surface area contributed by atoms with Gasteiger partial charge in [-0.1, -0.05) is 54.6 Å². The molecule has 4 aromatic rings. The molecule has 4 nitrogen and oxygen atoms in total. The molecule has 1 N–H and O–H groups in total. The van der Waals surface area contributed by atoms with E-state index < -0.39 is 0 Å². The van der Waals surface area contributed by atoms with Crippen molar-refractivity contribution in [3.8, 4) is 11.4 Å². The zero-order valence-electron chi connectivity index (χ0n) is 13.8. The highest BCUT2D eigenvalue weighted by atomic mass is 19.1. The van der Waals surface area contributed by atoms with Crippen LogP contribution in [0.3, 0.4) is 0 Å². The van der Waals surface area contributed by atoms with Crippen LogP contribution in [0.4, 0.5) is 10.2 Å². The molecule has 0 bridgehead atoms. The van der Waals surface area contributed by atoms with Crippen LogP contribution in [-0.4, -0.2) is 16.2 Å². The third-order valence-corrected chi connectivity index (χ3v) is 3.90. The lowest BCUT2D eigenvalue weighted by Gasteiger charge is -2.08. The van der Waals surface area contributed by atoms with Gasteiger partial charge in [0.25, 0.3) is 0 Å². The van der Waals surface area contributed by atoms with Crippen molar-refractivity contribution in [1.29, 1.82) is 0 Å². The summed E-state index contributed by atoms with van der Waals surface area (Å²) in [7, 11) is 0. The molecule has 0 saturated heterocycles. The van der Waals surface area contributed by atoms with Crippen LogP contribution in [0.5, 0.6) is 0 Å². The maximum Gasteiger partial charge on any atom is 0.165 e. The number of hydrogen-bond acceptors (Lipinski definition) is 4. The number of anilines is 1. The van der Waals surface area contributed by atoms with Crippen LogP contribution in [0.15, 0.2) is 84.0 Å². The number of benzene rings is 3. The van der Waals surface area contributed by atoms with Gasteiger partial charge in [0.05, 0.1) is 17.3 Å². The molecule has 0 aliphatic heterocycles. The second-order valence-corrected chi connectivity index (χ2v) is 5.67. The molecule has 1 heterocycles. The lowest BCUT2D eigenvalue weighted by atomic mass is 10.1. The Morgan fingerprint density at radius 3 is 2.38 bits per heavy atom. The van der Waals surface area contributed by atoms with Crippen molar-refractivity contribution < 1.29 is 4.39 Å². The van der Waals surface area contributed by atoms with Gasteiger partial charge in [0.2, 0.25) is 0 Å². The van der Waals surface area contributed by atoms with Crippen molar-refractivity contribution in [1.82, 2.24) is 9.97 Å². The smallest absolute Gasteiger partial charge is 0.165 e. The van der Waals surface area contributed by atoms with Crippen LogP contribution < -0.4 is 5.43 Å². The van der Waals surface area contributed by atoms with Gasteiger partial charge in [0.1, 0.15) is 5.82 Å². The Labute approximate surface area is 150 Å². The fourth-order valence-corrected chi connectivity index (χ4v) is 2.63. The first kappa shape index (κ1) is 15.9. The first-order chi connectivity index (χ1) is 12.8. The third-order valence-electron chi connectivity index (χ3n) is 3.90. The van der Waals surface area contributed by atoms with Crippen LogP contribution in [0, 0.1) is 5.82 Å². The monoisotopic (exact) mass is 342 g/mol. The largest absolute Gasteiger partial charge is 0.261 e. The summed E-state index contributed by atoms with van der Waals surface area (Å²) in [5.41, 5.74) is 5.00. The van der Waals surface area contributed by atoms with Gasteiger partial charge in [-0.2, -0.15) is 5.10 Å². The highest BCUT2D eigenvalue weighted by Gasteiger charge is 2.11. The molecular weight excluding hydrogens is 327 g/mol. The summed E-state index contributed by atoms with van der Waals surface area (Å²) in [5.74, 6) is 0.488. The maximum atomic E-state index is 14.2. The normalized spacial score (nSPS) is 11.1. The van der Waals surface area contributed by atoms with Crippen molar-refractivity contribution in [3.63, 3.8) is 0 Å². The topological polar surface area (TPSA) is 50.2 Å². The molecule has 0 radical (unpaired) electrons. The van der Waals surface area contributed by atoms with E-state index in [2.05, 4.69) is 20.5 Å². The molecule has 0 saturated carbocycles. The number of hydrogen-bond donors (Lipinski definition) is 1. The molecule has 0 fully saturated rings. The van der Waals surface area contributed by atoms with Gasteiger partial charge in [0, 0.05) is 5.39 Å². The van der Waals surface area contributed by atoms with Crippen molar-refractivity contribution in [3.05, 3.63) is 90.2 Å². The van der Waals surface area contributed by atoms with Crippen molar-refractivity contribution in [2.75, 3.05) is 5.43 Å². The predicted molar refractivity (Wildman–Crippen MR) is 103 cm³/mol. The zero-order valence-corrected chi connectivity index (χ0v) is 13.8. The van der Waals surface area contributed by atoms with E-state index in [1.807, 2.05) is 54.6 Å². The van der Waals surface area contributed by atoms with Crippen molar-refractivity contribution >= 4 is 22.9 Å². The molecule has 0 aliphatic carbocycles. The molecule has 26 heavy (non-hydrogen) atoms. The maximum absolute atomic E-state index is 14.2. The van der Waals surface area contributed by atoms with Crippen LogP contribution in [-0.2, 0) is 0 Å². The fraction of sp³-hybridized carbons (Fsp3) is 0. The van der Waals surface area contributed by atoms with Crippen molar-refractivity contribution in [2.24, 2.45) is 5.10 Å². The van der Waals surface area contributed by atoms with Gasteiger partial charge in [-0.25, -0.2) is 14.4 Å². The zero-order chi connectivity index (χ0) is 17.8. The molecule has 0 unspecified atom stereocenters. The molecule has 5 heteroatoms. The van der Waals surface area contributed by atoms with E-state index in [1.165, 1.54) is 6.07 Å². The van der Waals surface area contributed by atoms with Crippen LogP contribution in [0.2, 0.25) is 0 Å². The van der Waals surface area contributed by atoms with E-state index in [0.717, 1.165) is 16.5 Å². The Morgan fingerprint density at radius 1 is 0.808 bits per heavy atom. The van der Waals surface area contributed by atoms with E-state index in [0.29, 0.717) is 17.2 Å². The molecule has 126 valence electrons. The van der Waals surface area contributed by atoms with Gasteiger partial charge < -0.3 is 0 Å². The number of rotatable bonds is 4. The number of halogens is 1. The number of hydrazone groups is 1. The number of aromatic nitrogens is 2. The van der Waals surface area contributed by atoms with E-state index in [1.54, 1.807) is 24.4 Å². The van der Waals surface area contributed by atoms with Gasteiger partial charge in [0.15, 0.2) is 11.6 Å². The summed E-state index contributed by atoms with van der Waals surface area (Å²) in [6, 6.07) is 23.8. The lowest BCUT2D eigenvalue weighted by molar-refractivity contribution is 0.630. The Balaban J connectivity index is 1.75. The van der Waals surface area contributed by atoms with E-state index >= 15 is 0 Å². The standard InChI is InChI=1S/C21H15FN4/c22-18-12-6-4-10-16(18)20-24-19-13-7-5-11-17(19)21(25-20)26-23-14-15-8-2-1-3-9-15/h1-14H,(H,24,25,26)/b23-14+. The van der Waals surface area contributed by atoms with Crippen molar-refractivity contribution in [2.45, 2.75) is 0 Å². The lowest BCUT2D eigenvalue weighted by Crippen LogP contribution is -2.00. The summed E-state index contributed by atoms with van der Waals surface area (Å²) >= 11 is 0. The summed E-state index contributed by atoms with van der Waals surface area (Å²) in [5, 5.41) is 5.08. The minimum absolute atomic E-state index is 0.319. The van der Waals surface area contributed by atoms with Gasteiger partial charge >= 0.3 is 0 Å². The Bertz CT molecular complexity index is 1080. The molecule has 1 aromatic heterocycles. The van der Waals surface area contributed by atoms with E-state index in [4.69, 9.17) is 0 Å². The van der Waals surface area contributed by atoms with Crippen LogP contribution in [0.1, 0.15) is 5.56 Å². The number of fused-ring (bicyclic) bond motifs is 1. The molecular formula is C21H15FN4. The van der Waals surface area contributed by atoms with Crippen LogP contribution >= 0.6 is 0 Å². The Morgan fingerprint density at radius 2 is 1.54 bits per heavy atom. The molecule has 0 atom stereocenters. The quantitative estimate of drug-likeness (QED) is 0.425. The summed E-state index contributed by atoms with van der Waals surface area (Å²) in [6.07, 6.45) is 1.71. The average Bonchev–Trinajstić information content (AvgIpc) is 2.69. The Kier molecular flexibility index (Phi) is 4.35. The summed E-state index contributed by atoms with van der Waals surface area (Å²) < 4.78 is 14.2. The first-order valence-corrected chi connectivity index (χ1v) is 8.17. The second-order valence-electron chi connectivity index (χ2n) is 5.67. The highest BCUT2D eigenvalue weighted by Crippen LogP contribution is 2.26. The Hall–Kier alpha value is -3.60. The van der Waals surface area contributed by atoms with E-state index in [-0.39, 0.29) is 5.82 Å². The molecule has 3 aromatic carbocycles. The third kappa shape index (κ3) is 3.28. The molecule has 4 rings (SSSR count). The SMILES string of the molecule is Fc1ccccc1-c1nc(N/N=C/c2ccccc2)c2ccccc2n1. The minimum atomic E-state index is -0.360. The van der Waals surface area contributed by atoms with Gasteiger partial charge in [-0.05, 0) is 29.8 Å². The van der Waals surface area contributed by atoms with Gasteiger partial charge in [-0.15, -0.1) is 0 Å². The second kappa shape index (κ2) is 7.11. The van der Waals surface area contributed by atoms with Crippen LogP contribution in [0.25, 0.3) is 22.3 Å². The summed E-state index contributed by atoms with van der Waals surface area (Å²) in [4.78, 5) is 8.98. The molecule has 0 spiro atoms. The number of para-hydroxylation sites is 1. The molecule has 0 amide bonds. The fourth-order valence-electron chi connectivity index (χ4n) is 2.63. The predicted octanol–water partition coefficient (Wildman–Crippen LogP) is 4.88. The highest BCUT2D eigenvalue weighted by molar-refractivity contribution is 5.91. The number of nitrogens with zero attached hydrogens (tertiary/aromatic N) is 3. The molecule has 0 aliphatic rings. The minimum Gasteiger partial charge on any atom is -0.261 e. The van der Waals surface area contributed by atoms with E-state index in [9.17, 15) is 4.39 Å². The number of nitrogens with one attached hydrogen (secondary N) is 1.